The molecule has 1 aliphatic carbocycles. The second-order valence-corrected chi connectivity index (χ2v) is 9.25. The fourth-order valence-corrected chi connectivity index (χ4v) is 5.49. The summed E-state index contributed by atoms with van der Waals surface area (Å²) in [7, 11) is 1.66. The molecule has 2 heterocycles. The van der Waals surface area contributed by atoms with Crippen LogP contribution in [-0.4, -0.2) is 38.0 Å². The lowest BCUT2D eigenvalue weighted by Gasteiger charge is -2.39. The van der Waals surface area contributed by atoms with Gasteiger partial charge in [-0.25, -0.2) is 4.98 Å². The first-order valence-electron chi connectivity index (χ1n) is 9.69. The van der Waals surface area contributed by atoms with Gasteiger partial charge < -0.3 is 15.2 Å². The molecule has 0 saturated carbocycles. The van der Waals surface area contributed by atoms with Gasteiger partial charge in [-0.3, -0.25) is 10.2 Å². The molecule has 1 amide bonds. The minimum atomic E-state index is -1.28. The average Bonchev–Trinajstić information content (AvgIpc) is 2.91. The lowest BCUT2D eigenvalue weighted by atomic mass is 9.97. The number of rotatable bonds is 2. The summed E-state index contributed by atoms with van der Waals surface area (Å²) in [6.07, 6.45) is 3.96. The molecule has 4 rings (SSSR count). The fourth-order valence-electron chi connectivity index (χ4n) is 4.03. The molecule has 1 aromatic heterocycles. The SMILES string of the molecule is Cc1cc(C#N)cnc1C(=O)Nc1ccc2c(c1)C1NC(=N)N(C)[S+]([O-])C1CCC2. The summed E-state index contributed by atoms with van der Waals surface area (Å²) in [4.78, 5) is 16.9. The van der Waals surface area contributed by atoms with Crippen LogP contribution in [0.15, 0.2) is 30.5 Å². The maximum atomic E-state index is 12.8. The van der Waals surface area contributed by atoms with Crippen molar-refractivity contribution in [2.24, 2.45) is 0 Å². The van der Waals surface area contributed by atoms with Crippen molar-refractivity contribution in [1.29, 1.82) is 10.7 Å². The number of benzene rings is 1. The van der Waals surface area contributed by atoms with Crippen LogP contribution in [0.25, 0.3) is 0 Å². The zero-order chi connectivity index (χ0) is 21.4. The summed E-state index contributed by atoms with van der Waals surface area (Å²) in [5.74, 6) is -0.218. The summed E-state index contributed by atoms with van der Waals surface area (Å²) in [5.41, 5.74) is 4.01. The Balaban J connectivity index is 1.63. The van der Waals surface area contributed by atoms with Gasteiger partial charge in [0.1, 0.15) is 17.8 Å². The van der Waals surface area contributed by atoms with E-state index in [1.807, 2.05) is 24.3 Å². The molecule has 1 aromatic carbocycles. The van der Waals surface area contributed by atoms with Gasteiger partial charge in [0.2, 0.25) is 5.96 Å². The lowest BCUT2D eigenvalue weighted by molar-refractivity contribution is 0.102. The summed E-state index contributed by atoms with van der Waals surface area (Å²) in [6.45, 7) is 1.74. The topological polar surface area (TPSA) is 128 Å². The van der Waals surface area contributed by atoms with Crippen molar-refractivity contribution in [3.8, 4) is 6.07 Å². The highest BCUT2D eigenvalue weighted by Crippen LogP contribution is 2.37. The first kappa shape index (κ1) is 20.2. The Hall–Kier alpha value is -3.09. The molecule has 3 unspecified atom stereocenters. The molecule has 30 heavy (non-hydrogen) atoms. The number of carbonyl (C=O) groups excluding carboxylic acids is 1. The quantitative estimate of drug-likeness (QED) is 0.638. The molecule has 1 fully saturated rings. The van der Waals surface area contributed by atoms with Gasteiger partial charge in [-0.2, -0.15) is 9.57 Å². The van der Waals surface area contributed by atoms with Gasteiger partial charge in [0, 0.05) is 18.3 Å². The number of hydrogen-bond donors (Lipinski definition) is 3. The minimum absolute atomic E-state index is 0.126. The molecule has 0 spiro atoms. The van der Waals surface area contributed by atoms with Crippen LogP contribution in [-0.2, 0) is 17.8 Å². The maximum absolute atomic E-state index is 12.8. The van der Waals surface area contributed by atoms with Crippen molar-refractivity contribution >= 4 is 28.9 Å². The van der Waals surface area contributed by atoms with Gasteiger partial charge in [0.05, 0.1) is 24.0 Å². The number of guanidine groups is 1. The molecule has 1 saturated heterocycles. The number of nitrogens with one attached hydrogen (secondary N) is 3. The molecule has 8 nitrogen and oxygen atoms in total. The smallest absolute Gasteiger partial charge is 0.274 e. The summed E-state index contributed by atoms with van der Waals surface area (Å²) >= 11 is -1.28. The van der Waals surface area contributed by atoms with Crippen molar-refractivity contribution in [2.45, 2.75) is 37.5 Å². The number of anilines is 1. The monoisotopic (exact) mass is 422 g/mol. The van der Waals surface area contributed by atoms with E-state index in [-0.39, 0.29) is 28.9 Å². The zero-order valence-electron chi connectivity index (χ0n) is 16.7. The second kappa shape index (κ2) is 7.97. The van der Waals surface area contributed by atoms with Crippen LogP contribution in [0.5, 0.6) is 0 Å². The van der Waals surface area contributed by atoms with Gasteiger partial charge in [-0.15, -0.1) is 0 Å². The van der Waals surface area contributed by atoms with E-state index in [4.69, 9.17) is 10.7 Å². The average molecular weight is 423 g/mol. The summed E-state index contributed by atoms with van der Waals surface area (Å²) < 4.78 is 14.3. The number of aryl methyl sites for hydroxylation is 2. The van der Waals surface area contributed by atoms with E-state index in [9.17, 15) is 9.35 Å². The molecule has 1 aliphatic heterocycles. The van der Waals surface area contributed by atoms with Gasteiger partial charge in [-0.05, 0) is 54.7 Å². The Morgan fingerprint density at radius 1 is 1.47 bits per heavy atom. The molecule has 154 valence electrons. The largest absolute Gasteiger partial charge is 0.593 e. The Kier molecular flexibility index (Phi) is 5.37. The van der Waals surface area contributed by atoms with Crippen molar-refractivity contribution in [2.75, 3.05) is 12.4 Å². The van der Waals surface area contributed by atoms with Crippen LogP contribution in [0.4, 0.5) is 5.69 Å². The maximum Gasteiger partial charge on any atom is 0.274 e. The Bertz CT molecular complexity index is 1070. The van der Waals surface area contributed by atoms with Gasteiger partial charge in [0.15, 0.2) is 5.25 Å². The third-order valence-corrected chi connectivity index (χ3v) is 7.35. The first-order chi connectivity index (χ1) is 14.4. The minimum Gasteiger partial charge on any atom is -0.593 e. The van der Waals surface area contributed by atoms with Crippen LogP contribution in [0.3, 0.4) is 0 Å². The lowest BCUT2D eigenvalue weighted by Crippen LogP contribution is -2.56. The molecule has 0 radical (unpaired) electrons. The van der Waals surface area contributed by atoms with Crippen molar-refractivity contribution < 1.29 is 9.35 Å². The molecular weight excluding hydrogens is 400 g/mol. The van der Waals surface area contributed by atoms with Crippen molar-refractivity contribution in [1.82, 2.24) is 14.6 Å². The van der Waals surface area contributed by atoms with E-state index in [2.05, 4.69) is 15.6 Å². The number of fused-ring (bicyclic) bond motifs is 3. The number of nitrogens with zero attached hydrogens (tertiary/aromatic N) is 3. The number of pyridine rings is 1. The highest BCUT2D eigenvalue weighted by atomic mass is 32.2. The van der Waals surface area contributed by atoms with E-state index in [0.717, 1.165) is 30.4 Å². The van der Waals surface area contributed by atoms with E-state index in [1.54, 1.807) is 20.0 Å². The molecule has 2 aromatic rings. The number of amides is 1. The summed E-state index contributed by atoms with van der Waals surface area (Å²) in [5, 5.41) is 23.0. The van der Waals surface area contributed by atoms with Crippen LogP contribution in [0.1, 0.15) is 51.6 Å². The predicted octanol–water partition coefficient (Wildman–Crippen LogP) is 2.39. The van der Waals surface area contributed by atoms with Crippen molar-refractivity contribution in [3.63, 3.8) is 0 Å². The first-order valence-corrected chi connectivity index (χ1v) is 10.9. The molecular formula is C21H22N6O2S. The number of hydrogen-bond acceptors (Lipinski definition) is 5. The van der Waals surface area contributed by atoms with Gasteiger partial charge >= 0.3 is 0 Å². The molecule has 3 atom stereocenters. The predicted molar refractivity (Wildman–Crippen MR) is 114 cm³/mol. The second-order valence-electron chi connectivity index (χ2n) is 7.54. The standard InChI is InChI=1S/C21H22N6O2S/c1-12-8-13(10-22)11-24-18(12)20(28)25-15-7-6-14-4-3-5-17-19(16(14)9-15)26-21(23)27(2)30(17)29/h6-9,11,17,19H,3-5H2,1-2H3,(H2,23,26)(H,25,28). The molecule has 0 bridgehead atoms. The van der Waals surface area contributed by atoms with Gasteiger partial charge in [0.25, 0.3) is 5.91 Å². The highest BCUT2D eigenvalue weighted by Gasteiger charge is 2.44. The van der Waals surface area contributed by atoms with Crippen LogP contribution >= 0.6 is 0 Å². The summed E-state index contributed by atoms with van der Waals surface area (Å²) in [6, 6.07) is 9.15. The van der Waals surface area contributed by atoms with E-state index in [0.29, 0.717) is 16.8 Å². The van der Waals surface area contributed by atoms with E-state index in [1.165, 1.54) is 10.5 Å². The van der Waals surface area contributed by atoms with Crippen LogP contribution in [0, 0.1) is 23.7 Å². The molecule has 9 heteroatoms. The van der Waals surface area contributed by atoms with E-state index >= 15 is 0 Å². The van der Waals surface area contributed by atoms with Gasteiger partial charge in [-0.1, -0.05) is 6.07 Å². The fraction of sp³-hybridized carbons (Fsp3) is 0.333. The molecule has 3 N–H and O–H groups in total. The Labute approximate surface area is 178 Å². The third-order valence-electron chi connectivity index (χ3n) is 5.60. The third kappa shape index (κ3) is 3.60. The Morgan fingerprint density at radius 3 is 3.00 bits per heavy atom. The number of aromatic nitrogens is 1. The highest BCUT2D eigenvalue weighted by molar-refractivity contribution is 7.90. The molecule has 2 aliphatic rings. The van der Waals surface area contributed by atoms with Crippen LogP contribution < -0.4 is 10.6 Å². The van der Waals surface area contributed by atoms with E-state index < -0.39 is 11.4 Å². The number of nitriles is 1. The van der Waals surface area contributed by atoms with Crippen molar-refractivity contribution in [3.05, 3.63) is 58.4 Å². The zero-order valence-corrected chi connectivity index (χ0v) is 17.5. The van der Waals surface area contributed by atoms with Crippen LogP contribution in [0.2, 0.25) is 0 Å². The normalized spacial score (nSPS) is 22.8. The number of carbonyl (C=O) groups is 1. The Morgan fingerprint density at radius 2 is 2.27 bits per heavy atom.